The normalized spacial score (nSPS) is 20.5. The van der Waals surface area contributed by atoms with E-state index in [-0.39, 0.29) is 11.7 Å². The second kappa shape index (κ2) is 9.88. The van der Waals surface area contributed by atoms with Gasteiger partial charge in [0.1, 0.15) is 0 Å². The zero-order valence-electron chi connectivity index (χ0n) is 15.5. The van der Waals surface area contributed by atoms with E-state index >= 15 is 0 Å². The lowest BCUT2D eigenvalue weighted by atomic mass is 9.80. The fraction of sp³-hybridized carbons (Fsp3) is 0.667. The number of esters is 1. The van der Waals surface area contributed by atoms with Crippen molar-refractivity contribution in [2.24, 2.45) is 11.8 Å². The molecule has 1 aliphatic rings. The maximum atomic E-state index is 14.2. The van der Waals surface area contributed by atoms with Crippen LogP contribution >= 0.6 is 0 Å². The predicted octanol–water partition coefficient (Wildman–Crippen LogP) is 6.21. The van der Waals surface area contributed by atoms with E-state index in [1.54, 1.807) is 0 Å². The van der Waals surface area contributed by atoms with Crippen molar-refractivity contribution in [3.05, 3.63) is 29.3 Å². The summed E-state index contributed by atoms with van der Waals surface area (Å²) in [5, 5.41) is 0. The summed E-state index contributed by atoms with van der Waals surface area (Å²) in [6.45, 7) is 4.23. The SMILES string of the molecule is CCCCCc1ccc(OC(=O)C2CCC(CCC)CC2)c(F)c1F. The largest absolute Gasteiger partial charge is 0.423 e. The molecule has 0 unspecified atom stereocenters. The van der Waals surface area contributed by atoms with Crippen LogP contribution in [0.15, 0.2) is 12.1 Å². The van der Waals surface area contributed by atoms with Gasteiger partial charge in [0, 0.05) is 0 Å². The minimum Gasteiger partial charge on any atom is -0.423 e. The molecular weight excluding hydrogens is 322 g/mol. The molecule has 2 nitrogen and oxygen atoms in total. The highest BCUT2D eigenvalue weighted by molar-refractivity contribution is 5.75. The van der Waals surface area contributed by atoms with Crippen LogP contribution in [-0.4, -0.2) is 5.97 Å². The first-order valence-corrected chi connectivity index (χ1v) is 9.75. The molecule has 0 heterocycles. The Morgan fingerprint density at radius 3 is 2.40 bits per heavy atom. The van der Waals surface area contributed by atoms with Crippen LogP contribution in [0.1, 0.15) is 77.2 Å². The van der Waals surface area contributed by atoms with Crippen LogP contribution in [0.3, 0.4) is 0 Å². The van der Waals surface area contributed by atoms with Crippen LogP contribution in [0.25, 0.3) is 0 Å². The number of halogens is 2. The molecule has 0 spiro atoms. The standard InChI is InChI=1S/C21H30F2O2/c1-3-5-6-8-16-13-14-18(20(23)19(16)22)25-21(24)17-11-9-15(7-4-2)10-12-17/h13-15,17H,3-12H2,1-2H3. The minimum absolute atomic E-state index is 0.195. The van der Waals surface area contributed by atoms with Crippen molar-refractivity contribution in [3.63, 3.8) is 0 Å². The van der Waals surface area contributed by atoms with E-state index in [0.717, 1.165) is 51.4 Å². The quantitative estimate of drug-likeness (QED) is 0.316. The summed E-state index contributed by atoms with van der Waals surface area (Å²) in [7, 11) is 0. The molecule has 1 aromatic carbocycles. The van der Waals surface area contributed by atoms with Gasteiger partial charge >= 0.3 is 5.97 Å². The maximum Gasteiger partial charge on any atom is 0.314 e. The number of aryl methyl sites for hydroxylation is 1. The van der Waals surface area contributed by atoms with E-state index < -0.39 is 17.6 Å². The van der Waals surface area contributed by atoms with Crippen LogP contribution in [0.4, 0.5) is 8.78 Å². The zero-order chi connectivity index (χ0) is 18.2. The molecular formula is C21H30F2O2. The van der Waals surface area contributed by atoms with Gasteiger partial charge in [0.2, 0.25) is 5.82 Å². The number of ether oxygens (including phenoxy) is 1. The summed E-state index contributed by atoms with van der Waals surface area (Å²) >= 11 is 0. The van der Waals surface area contributed by atoms with E-state index in [0.29, 0.717) is 17.9 Å². The van der Waals surface area contributed by atoms with Crippen molar-refractivity contribution in [1.29, 1.82) is 0 Å². The van der Waals surface area contributed by atoms with Crippen molar-refractivity contribution < 1.29 is 18.3 Å². The zero-order valence-corrected chi connectivity index (χ0v) is 15.5. The summed E-state index contributed by atoms with van der Waals surface area (Å²) in [5.74, 6) is -2.13. The fourth-order valence-corrected chi connectivity index (χ4v) is 3.70. The third-order valence-electron chi connectivity index (χ3n) is 5.26. The Balaban J connectivity index is 1.93. The Morgan fingerprint density at radius 1 is 1.04 bits per heavy atom. The highest BCUT2D eigenvalue weighted by Crippen LogP contribution is 2.33. The molecule has 0 radical (unpaired) electrons. The first-order valence-electron chi connectivity index (χ1n) is 9.75. The maximum absolute atomic E-state index is 14.2. The average molecular weight is 352 g/mol. The molecule has 1 saturated carbocycles. The average Bonchev–Trinajstić information content (AvgIpc) is 2.62. The highest BCUT2D eigenvalue weighted by atomic mass is 19.2. The Kier molecular flexibility index (Phi) is 7.86. The molecule has 1 aliphatic carbocycles. The topological polar surface area (TPSA) is 26.3 Å². The Hall–Kier alpha value is -1.45. The van der Waals surface area contributed by atoms with Crippen molar-refractivity contribution in [2.75, 3.05) is 0 Å². The Bertz CT molecular complexity index is 563. The Labute approximate surface area is 150 Å². The molecule has 140 valence electrons. The van der Waals surface area contributed by atoms with E-state index in [1.165, 1.54) is 18.6 Å². The lowest BCUT2D eigenvalue weighted by Gasteiger charge is -2.26. The molecule has 0 N–H and O–H groups in total. The molecule has 1 fully saturated rings. The number of rotatable bonds is 8. The second-order valence-corrected chi connectivity index (χ2v) is 7.24. The van der Waals surface area contributed by atoms with Gasteiger partial charge in [-0.25, -0.2) is 4.39 Å². The van der Waals surface area contributed by atoms with Crippen LogP contribution in [0.5, 0.6) is 5.75 Å². The first-order chi connectivity index (χ1) is 12.1. The smallest absolute Gasteiger partial charge is 0.314 e. The number of hydrogen-bond donors (Lipinski definition) is 0. The third kappa shape index (κ3) is 5.52. The molecule has 1 aromatic rings. The molecule has 0 aliphatic heterocycles. The molecule has 0 amide bonds. The lowest BCUT2D eigenvalue weighted by molar-refractivity contribution is -0.140. The number of unbranched alkanes of at least 4 members (excludes halogenated alkanes) is 2. The number of carbonyl (C=O) groups excluding carboxylic acids is 1. The number of benzene rings is 1. The van der Waals surface area contributed by atoms with E-state index in [4.69, 9.17) is 4.74 Å². The summed E-state index contributed by atoms with van der Waals surface area (Å²) in [6, 6.07) is 2.93. The molecule has 0 aromatic heterocycles. The van der Waals surface area contributed by atoms with Gasteiger partial charge in [0.25, 0.3) is 0 Å². The van der Waals surface area contributed by atoms with Gasteiger partial charge in [-0.15, -0.1) is 0 Å². The van der Waals surface area contributed by atoms with Gasteiger partial charge < -0.3 is 4.74 Å². The highest BCUT2D eigenvalue weighted by Gasteiger charge is 2.28. The fourth-order valence-electron chi connectivity index (χ4n) is 3.70. The number of carbonyl (C=O) groups is 1. The summed E-state index contributed by atoms with van der Waals surface area (Å²) < 4.78 is 33.5. The molecule has 0 atom stereocenters. The van der Waals surface area contributed by atoms with Crippen molar-refractivity contribution >= 4 is 5.97 Å². The first kappa shape index (κ1) is 19.9. The Morgan fingerprint density at radius 2 is 1.76 bits per heavy atom. The monoisotopic (exact) mass is 352 g/mol. The summed E-state index contributed by atoms with van der Waals surface area (Å²) in [5.41, 5.74) is 0.353. The number of hydrogen-bond acceptors (Lipinski definition) is 2. The summed E-state index contributed by atoms with van der Waals surface area (Å²) in [6.07, 6.45) is 9.29. The van der Waals surface area contributed by atoms with Crippen LogP contribution in [0.2, 0.25) is 0 Å². The van der Waals surface area contributed by atoms with Gasteiger partial charge in [-0.2, -0.15) is 4.39 Å². The molecule has 0 bridgehead atoms. The minimum atomic E-state index is -1.04. The second-order valence-electron chi connectivity index (χ2n) is 7.24. The van der Waals surface area contributed by atoms with Crippen molar-refractivity contribution in [2.45, 2.75) is 78.1 Å². The lowest BCUT2D eigenvalue weighted by Crippen LogP contribution is -2.26. The molecule has 4 heteroatoms. The molecule has 2 rings (SSSR count). The van der Waals surface area contributed by atoms with E-state index in [2.05, 4.69) is 13.8 Å². The summed E-state index contributed by atoms with van der Waals surface area (Å²) in [4.78, 5) is 12.3. The van der Waals surface area contributed by atoms with Crippen molar-refractivity contribution in [3.8, 4) is 5.75 Å². The van der Waals surface area contributed by atoms with Crippen LogP contribution in [0, 0.1) is 23.5 Å². The van der Waals surface area contributed by atoms with Crippen LogP contribution in [-0.2, 0) is 11.2 Å². The van der Waals surface area contributed by atoms with E-state index in [9.17, 15) is 13.6 Å². The van der Waals surface area contributed by atoms with Gasteiger partial charge in [0.15, 0.2) is 11.6 Å². The van der Waals surface area contributed by atoms with Crippen LogP contribution < -0.4 is 4.74 Å². The molecule has 25 heavy (non-hydrogen) atoms. The third-order valence-corrected chi connectivity index (χ3v) is 5.26. The van der Waals surface area contributed by atoms with Crippen molar-refractivity contribution in [1.82, 2.24) is 0 Å². The predicted molar refractivity (Wildman–Crippen MR) is 95.6 cm³/mol. The van der Waals surface area contributed by atoms with Gasteiger partial charge in [-0.3, -0.25) is 4.79 Å². The van der Waals surface area contributed by atoms with Gasteiger partial charge in [-0.1, -0.05) is 45.6 Å². The van der Waals surface area contributed by atoms with Gasteiger partial charge in [0.05, 0.1) is 5.92 Å². The van der Waals surface area contributed by atoms with Gasteiger partial charge in [-0.05, 0) is 56.1 Å². The van der Waals surface area contributed by atoms with E-state index in [1.807, 2.05) is 0 Å². The molecule has 0 saturated heterocycles.